The lowest BCUT2D eigenvalue weighted by Crippen LogP contribution is -2.73. The average Bonchev–Trinajstić information content (AvgIpc) is 3.66. The highest BCUT2D eigenvalue weighted by molar-refractivity contribution is 5.92. The molecule has 10 rings (SSSR count). The fourth-order valence-corrected chi connectivity index (χ4v) is 9.98. The summed E-state index contributed by atoms with van der Waals surface area (Å²) >= 11 is 0. The Morgan fingerprint density at radius 3 is 1.42 bits per heavy atom. The highest BCUT2D eigenvalue weighted by atomic mass is 15.3. The lowest BCUT2D eigenvalue weighted by Gasteiger charge is -2.42. The van der Waals surface area contributed by atoms with Crippen molar-refractivity contribution in [1.29, 1.82) is 0 Å². The molecule has 1 unspecified atom stereocenters. The number of hydrogen-bond donors (Lipinski definition) is 0. The van der Waals surface area contributed by atoms with Gasteiger partial charge in [-0.05, 0) is 84.5 Å². The first-order valence-electron chi connectivity index (χ1n) is 18.4. The van der Waals surface area contributed by atoms with Crippen molar-refractivity contribution in [2.75, 3.05) is 0 Å². The molecular weight excluding hydrogens is 605 g/mol. The molecule has 2 nitrogen and oxygen atoms in total. The van der Waals surface area contributed by atoms with Crippen molar-refractivity contribution < 1.29 is 9.13 Å². The molecule has 2 heteroatoms. The first kappa shape index (κ1) is 30.0. The molecule has 50 heavy (non-hydrogen) atoms. The highest BCUT2D eigenvalue weighted by Crippen LogP contribution is 2.66. The molecule has 246 valence electrons. The number of benzene rings is 4. The number of fused-ring (bicyclic) bond motifs is 11. The largest absolute Gasteiger partial charge is 0.418 e. The van der Waals surface area contributed by atoms with Gasteiger partial charge in [0.15, 0.2) is 12.4 Å². The van der Waals surface area contributed by atoms with Gasteiger partial charge in [-0.25, -0.2) is 0 Å². The first-order valence-corrected chi connectivity index (χ1v) is 18.4. The monoisotopic (exact) mass is 650 g/mol. The molecule has 4 heterocycles. The third kappa shape index (κ3) is 3.36. The highest BCUT2D eigenvalue weighted by Gasteiger charge is 2.74. The quantitative estimate of drug-likeness (QED) is 0.144. The van der Waals surface area contributed by atoms with Crippen molar-refractivity contribution in [3.05, 3.63) is 166 Å². The fourth-order valence-electron chi connectivity index (χ4n) is 9.98. The molecule has 4 aliphatic rings. The second kappa shape index (κ2) is 9.09. The number of hydrogen-bond acceptors (Lipinski definition) is 0. The molecule has 2 aromatic heterocycles. The van der Waals surface area contributed by atoms with Crippen molar-refractivity contribution in [2.45, 2.75) is 89.6 Å². The number of rotatable bonds is 0. The van der Waals surface area contributed by atoms with Crippen LogP contribution in [0.25, 0.3) is 33.6 Å². The third-order valence-electron chi connectivity index (χ3n) is 12.4. The van der Waals surface area contributed by atoms with Crippen LogP contribution in [0.1, 0.15) is 112 Å². The molecular formula is C48H46N2+2. The van der Waals surface area contributed by atoms with Crippen LogP contribution in [0.4, 0.5) is 0 Å². The smallest absolute Gasteiger partial charge is 0.126 e. The molecule has 1 atom stereocenters. The van der Waals surface area contributed by atoms with Crippen molar-refractivity contribution in [3.8, 4) is 33.6 Å². The van der Waals surface area contributed by atoms with Gasteiger partial charge in [-0.15, -0.1) is 9.13 Å². The maximum Gasteiger partial charge on any atom is 0.418 e. The number of pyridine rings is 2. The van der Waals surface area contributed by atoms with Gasteiger partial charge >= 0.3 is 5.66 Å². The summed E-state index contributed by atoms with van der Waals surface area (Å²) in [6, 6.07) is 40.5. The van der Waals surface area contributed by atoms with Crippen molar-refractivity contribution in [3.63, 3.8) is 0 Å². The molecule has 2 spiro atoms. The van der Waals surface area contributed by atoms with E-state index >= 15 is 0 Å². The minimum atomic E-state index is -0.553. The number of aromatic nitrogens is 2. The van der Waals surface area contributed by atoms with Crippen LogP contribution in [-0.2, 0) is 27.3 Å². The number of nitrogens with zero attached hydrogens (tertiary/aromatic N) is 2. The van der Waals surface area contributed by atoms with Crippen molar-refractivity contribution in [1.82, 2.24) is 0 Å². The van der Waals surface area contributed by atoms with Crippen LogP contribution >= 0.6 is 0 Å². The van der Waals surface area contributed by atoms with Gasteiger partial charge in [-0.1, -0.05) is 123 Å². The predicted molar refractivity (Wildman–Crippen MR) is 203 cm³/mol. The van der Waals surface area contributed by atoms with E-state index in [9.17, 15) is 0 Å². The van der Waals surface area contributed by atoms with Gasteiger partial charge in [-0.3, -0.25) is 0 Å². The Morgan fingerprint density at radius 1 is 0.400 bits per heavy atom. The van der Waals surface area contributed by atoms with Crippen molar-refractivity contribution in [2.24, 2.45) is 0 Å². The van der Waals surface area contributed by atoms with Crippen LogP contribution in [-0.4, -0.2) is 0 Å². The predicted octanol–water partition coefficient (Wildman–Crippen LogP) is 10.1. The summed E-state index contributed by atoms with van der Waals surface area (Å²) in [5.41, 5.74) is 19.5. The Balaban J connectivity index is 1.52. The molecule has 0 saturated heterocycles. The second-order valence-electron chi connectivity index (χ2n) is 18.3. The summed E-state index contributed by atoms with van der Waals surface area (Å²) in [6.45, 7) is 21.2. The topological polar surface area (TPSA) is 7.76 Å². The molecule has 0 N–H and O–H groups in total. The Hall–Kier alpha value is -4.82. The van der Waals surface area contributed by atoms with E-state index in [1.165, 1.54) is 83.7 Å². The van der Waals surface area contributed by atoms with E-state index in [4.69, 9.17) is 0 Å². The lowest BCUT2D eigenvalue weighted by molar-refractivity contribution is -0.955. The summed E-state index contributed by atoms with van der Waals surface area (Å²) in [5, 5.41) is 0. The molecule has 2 aliphatic heterocycles. The van der Waals surface area contributed by atoms with Crippen molar-refractivity contribution >= 4 is 0 Å². The van der Waals surface area contributed by atoms with Gasteiger partial charge in [0.2, 0.25) is 11.4 Å². The van der Waals surface area contributed by atoms with Gasteiger partial charge < -0.3 is 0 Å². The van der Waals surface area contributed by atoms with Crippen LogP contribution in [0.2, 0.25) is 0 Å². The molecule has 4 aromatic carbocycles. The summed E-state index contributed by atoms with van der Waals surface area (Å²) < 4.78 is 5.25. The minimum Gasteiger partial charge on any atom is -0.126 e. The molecule has 0 saturated carbocycles. The summed E-state index contributed by atoms with van der Waals surface area (Å²) in [7, 11) is 0. The zero-order valence-electron chi connectivity index (χ0n) is 30.9. The standard InChI is InChI=1S/C48H46N2/c1-44(2,3)29-21-23-50-41(28-29)35-25-31(46(7,8)9)27-39-43(35)48(50)42-34(40-20-14-15-22-49(40)48)24-30(45(4,5)6)26-38(42)47(39)36-18-12-10-16-32(36)33-17-11-13-19-37(33)47/h10-28H,1-9H3/q+2. The lowest BCUT2D eigenvalue weighted by atomic mass is 9.57. The molecule has 0 bridgehead atoms. The normalized spacial score (nSPS) is 18.3. The molecule has 0 amide bonds. The van der Waals surface area contributed by atoms with E-state index in [0.717, 1.165) is 0 Å². The van der Waals surface area contributed by atoms with Gasteiger partial charge in [0.25, 0.3) is 0 Å². The summed E-state index contributed by atoms with van der Waals surface area (Å²) in [4.78, 5) is 0. The maximum absolute atomic E-state index is 2.64. The zero-order valence-corrected chi connectivity index (χ0v) is 30.9. The first-order chi connectivity index (χ1) is 23.7. The Labute approximate surface area is 297 Å². The Morgan fingerprint density at radius 2 is 0.880 bits per heavy atom. The van der Waals surface area contributed by atoms with E-state index in [1.807, 2.05) is 0 Å². The summed E-state index contributed by atoms with van der Waals surface area (Å²) in [5.74, 6) is 0. The van der Waals surface area contributed by atoms with Gasteiger partial charge in [0, 0.05) is 24.3 Å². The zero-order chi connectivity index (χ0) is 34.7. The van der Waals surface area contributed by atoms with E-state index < -0.39 is 11.1 Å². The average molecular weight is 651 g/mol. The molecule has 0 radical (unpaired) electrons. The van der Waals surface area contributed by atoms with Gasteiger partial charge in [0.05, 0.1) is 16.5 Å². The van der Waals surface area contributed by atoms with Gasteiger partial charge in [-0.2, -0.15) is 0 Å². The van der Waals surface area contributed by atoms with E-state index in [2.05, 4.69) is 187 Å². The van der Waals surface area contributed by atoms with Gasteiger partial charge in [0.1, 0.15) is 11.1 Å². The van der Waals surface area contributed by atoms with Crippen LogP contribution in [0.5, 0.6) is 0 Å². The Kier molecular flexibility index (Phi) is 5.46. The van der Waals surface area contributed by atoms with E-state index in [0.29, 0.717) is 0 Å². The van der Waals surface area contributed by atoms with E-state index in [-0.39, 0.29) is 16.2 Å². The Bertz CT molecular complexity index is 2450. The van der Waals surface area contributed by atoms with Crippen LogP contribution in [0, 0.1) is 0 Å². The SMILES string of the molecule is CC(C)(C)c1cc2c3c(c1)C1(c4ccccc4-c4ccccc41)c1cc(C(C)(C)C)cc4c1C3([n+]1ccccc1-2)[n+]1ccc(C(C)(C)C)cc1-4. The van der Waals surface area contributed by atoms with Crippen LogP contribution in [0.15, 0.2) is 116 Å². The fraction of sp³-hybridized carbons (Fsp3) is 0.292. The maximum atomic E-state index is 2.64. The minimum absolute atomic E-state index is 0.0200. The molecule has 6 aromatic rings. The summed E-state index contributed by atoms with van der Waals surface area (Å²) in [6.07, 6.45) is 4.75. The van der Waals surface area contributed by atoms with E-state index in [1.54, 1.807) is 0 Å². The van der Waals surface area contributed by atoms with Crippen LogP contribution in [0.3, 0.4) is 0 Å². The second-order valence-corrected chi connectivity index (χ2v) is 18.3. The molecule has 0 fully saturated rings. The third-order valence-corrected chi connectivity index (χ3v) is 12.4. The molecule has 2 aliphatic carbocycles. The van der Waals surface area contributed by atoms with Crippen LogP contribution < -0.4 is 9.13 Å².